The van der Waals surface area contributed by atoms with Gasteiger partial charge in [0.05, 0.1) is 16.1 Å². The first kappa shape index (κ1) is 32.4. The number of alkyl halides is 3. The summed E-state index contributed by atoms with van der Waals surface area (Å²) in [5.74, 6) is -0.449. The lowest BCUT2D eigenvalue weighted by atomic mass is 10.00. The van der Waals surface area contributed by atoms with E-state index in [0.29, 0.717) is 11.1 Å². The summed E-state index contributed by atoms with van der Waals surface area (Å²) in [6.07, 6.45) is 0. The Hall–Kier alpha value is -5.84. The molecule has 0 fully saturated rings. The summed E-state index contributed by atoms with van der Waals surface area (Å²) in [5, 5.41) is 3.08. The van der Waals surface area contributed by atoms with Crippen LogP contribution in [0.15, 0.2) is 164 Å². The third kappa shape index (κ3) is 5.92. The Morgan fingerprint density at radius 3 is 1.41 bits per heavy atom. The maximum absolute atomic E-state index is 13.7. The molecule has 0 unspecified atom stereocenters. The standard InChI is InChI=1S/C41H27F3N2O3S2/c42-41(43,44)51(47,48)49-32-25-35-39-34-24-14-13-23-33(34)36(45(28-15-5-1-6-16-28)29-17-7-2-8-18-29)27-38(39)50-40(35)37(26-32)46(30-19-9-3-10-20-30)31-21-11-4-12-22-31/h1-27H. The van der Waals surface area contributed by atoms with Crippen molar-refractivity contribution >= 4 is 86.5 Å². The number of rotatable bonds is 8. The van der Waals surface area contributed by atoms with Gasteiger partial charge in [0.15, 0.2) is 0 Å². The van der Waals surface area contributed by atoms with Gasteiger partial charge in [-0.1, -0.05) is 97.1 Å². The molecule has 0 aliphatic rings. The van der Waals surface area contributed by atoms with Gasteiger partial charge in [-0.15, -0.1) is 11.3 Å². The Morgan fingerprint density at radius 2 is 0.941 bits per heavy atom. The Bertz CT molecular complexity index is 2540. The number of hydrogen-bond acceptors (Lipinski definition) is 6. The summed E-state index contributed by atoms with van der Waals surface area (Å²) in [7, 11) is -5.97. The first-order valence-corrected chi connectivity index (χ1v) is 18.2. The molecule has 1 aromatic heterocycles. The maximum Gasteiger partial charge on any atom is 0.534 e. The summed E-state index contributed by atoms with van der Waals surface area (Å²) in [4.78, 5) is 4.08. The van der Waals surface area contributed by atoms with Crippen molar-refractivity contribution in [2.75, 3.05) is 9.80 Å². The van der Waals surface area contributed by atoms with E-state index < -0.39 is 21.4 Å². The van der Waals surface area contributed by atoms with Crippen molar-refractivity contribution in [1.29, 1.82) is 0 Å². The molecule has 0 spiro atoms. The number of anilines is 6. The third-order valence-corrected chi connectivity index (χ3v) is 10.7. The van der Waals surface area contributed by atoms with Crippen molar-refractivity contribution in [2.45, 2.75) is 5.51 Å². The maximum atomic E-state index is 13.7. The van der Waals surface area contributed by atoms with Crippen LogP contribution in [0.25, 0.3) is 30.9 Å². The van der Waals surface area contributed by atoms with Gasteiger partial charge < -0.3 is 14.0 Å². The van der Waals surface area contributed by atoms with Crippen LogP contribution in [0.2, 0.25) is 0 Å². The summed E-state index contributed by atoms with van der Waals surface area (Å²) in [5.41, 5.74) is -0.900. The number of fused-ring (bicyclic) bond motifs is 5. The normalized spacial score (nSPS) is 12.0. The van der Waals surface area contributed by atoms with E-state index in [2.05, 4.69) is 11.0 Å². The fourth-order valence-electron chi connectivity index (χ4n) is 6.42. The predicted molar refractivity (Wildman–Crippen MR) is 202 cm³/mol. The van der Waals surface area contributed by atoms with E-state index in [9.17, 15) is 21.6 Å². The van der Waals surface area contributed by atoms with Crippen LogP contribution in [0.5, 0.6) is 5.75 Å². The molecule has 0 aliphatic heterocycles. The number of para-hydroxylation sites is 4. The summed E-state index contributed by atoms with van der Waals surface area (Å²) < 4.78 is 72.4. The van der Waals surface area contributed by atoms with Crippen LogP contribution in [0, 0.1) is 0 Å². The Balaban J connectivity index is 1.47. The Morgan fingerprint density at radius 1 is 0.510 bits per heavy atom. The topological polar surface area (TPSA) is 49.9 Å². The zero-order valence-electron chi connectivity index (χ0n) is 26.7. The van der Waals surface area contributed by atoms with Crippen LogP contribution in [0.1, 0.15) is 0 Å². The van der Waals surface area contributed by atoms with Crippen molar-refractivity contribution in [2.24, 2.45) is 0 Å². The van der Waals surface area contributed by atoms with Gasteiger partial charge in [0, 0.05) is 49.7 Å². The highest BCUT2D eigenvalue weighted by Crippen LogP contribution is 2.51. The van der Waals surface area contributed by atoms with Crippen molar-refractivity contribution < 1.29 is 25.8 Å². The highest BCUT2D eigenvalue weighted by molar-refractivity contribution is 7.88. The van der Waals surface area contributed by atoms with E-state index in [-0.39, 0.29) is 0 Å². The quantitative estimate of drug-likeness (QED) is 0.116. The molecule has 7 aromatic carbocycles. The van der Waals surface area contributed by atoms with Crippen LogP contribution in [0.4, 0.5) is 47.3 Å². The second-order valence-electron chi connectivity index (χ2n) is 11.7. The summed E-state index contributed by atoms with van der Waals surface area (Å²) >= 11 is 1.48. The van der Waals surface area contributed by atoms with Crippen molar-refractivity contribution in [3.8, 4) is 5.75 Å². The lowest BCUT2D eigenvalue weighted by Crippen LogP contribution is -2.28. The molecule has 0 atom stereocenters. The highest BCUT2D eigenvalue weighted by Gasteiger charge is 2.48. The zero-order chi connectivity index (χ0) is 35.2. The first-order valence-electron chi connectivity index (χ1n) is 15.9. The number of nitrogens with zero attached hydrogens (tertiary/aromatic N) is 2. The fraction of sp³-hybridized carbons (Fsp3) is 0.0244. The zero-order valence-corrected chi connectivity index (χ0v) is 28.3. The molecular formula is C41H27F3N2O3S2. The van der Waals surface area contributed by atoms with E-state index in [4.69, 9.17) is 4.18 Å². The molecule has 0 aliphatic carbocycles. The van der Waals surface area contributed by atoms with E-state index in [0.717, 1.165) is 54.0 Å². The number of thiophene rings is 1. The predicted octanol–water partition coefficient (Wildman–Crippen LogP) is 12.4. The molecular weight excluding hydrogens is 690 g/mol. The smallest absolute Gasteiger partial charge is 0.376 e. The highest BCUT2D eigenvalue weighted by atomic mass is 32.2. The van der Waals surface area contributed by atoms with Gasteiger partial charge in [0.25, 0.3) is 0 Å². The first-order chi connectivity index (χ1) is 24.7. The molecule has 10 heteroatoms. The van der Waals surface area contributed by atoms with Gasteiger partial charge in [-0.05, 0) is 66.0 Å². The lowest BCUT2D eigenvalue weighted by Gasteiger charge is -2.27. The second kappa shape index (κ2) is 12.8. The van der Waals surface area contributed by atoms with Gasteiger partial charge in [-0.2, -0.15) is 21.6 Å². The Kier molecular flexibility index (Phi) is 8.13. The van der Waals surface area contributed by atoms with Crippen LogP contribution in [-0.4, -0.2) is 13.9 Å². The summed E-state index contributed by atoms with van der Waals surface area (Å²) in [6, 6.07) is 51.5. The largest absolute Gasteiger partial charge is 0.534 e. The van der Waals surface area contributed by atoms with Gasteiger partial charge in [-0.25, -0.2) is 0 Å². The molecule has 0 N–H and O–H groups in total. The molecule has 0 amide bonds. The van der Waals surface area contributed by atoms with E-state index in [1.807, 2.05) is 150 Å². The molecule has 1 heterocycles. The van der Waals surface area contributed by atoms with E-state index >= 15 is 0 Å². The molecule has 252 valence electrons. The van der Waals surface area contributed by atoms with Crippen molar-refractivity contribution in [3.63, 3.8) is 0 Å². The van der Waals surface area contributed by atoms with E-state index in [1.54, 1.807) is 0 Å². The van der Waals surface area contributed by atoms with E-state index in [1.165, 1.54) is 23.5 Å². The third-order valence-electron chi connectivity index (χ3n) is 8.54. The molecule has 8 aromatic rings. The second-order valence-corrected chi connectivity index (χ2v) is 14.3. The molecule has 0 saturated carbocycles. The molecule has 0 bridgehead atoms. The minimum absolute atomic E-state index is 0.449. The van der Waals surface area contributed by atoms with Crippen molar-refractivity contribution in [1.82, 2.24) is 0 Å². The Labute approximate surface area is 296 Å². The molecule has 5 nitrogen and oxygen atoms in total. The molecule has 0 saturated heterocycles. The van der Waals surface area contributed by atoms with Crippen LogP contribution < -0.4 is 14.0 Å². The monoisotopic (exact) mass is 716 g/mol. The van der Waals surface area contributed by atoms with Crippen LogP contribution in [0.3, 0.4) is 0 Å². The van der Waals surface area contributed by atoms with Gasteiger partial charge in [0.1, 0.15) is 5.75 Å². The number of hydrogen-bond donors (Lipinski definition) is 0. The molecule has 0 radical (unpaired) electrons. The van der Waals surface area contributed by atoms with Crippen LogP contribution >= 0.6 is 11.3 Å². The van der Waals surface area contributed by atoms with Gasteiger partial charge >= 0.3 is 15.6 Å². The SMILES string of the molecule is O=S(=O)(Oc1cc(N(c2ccccc2)c2ccccc2)c2sc3cc(N(c4ccccc4)c4ccccc4)c4ccccc4c3c2c1)C(F)(F)F. The number of halogens is 3. The minimum atomic E-state index is -5.97. The fourth-order valence-corrected chi connectivity index (χ4v) is 8.10. The average Bonchev–Trinajstić information content (AvgIpc) is 3.52. The van der Waals surface area contributed by atoms with Crippen molar-refractivity contribution in [3.05, 3.63) is 164 Å². The summed E-state index contributed by atoms with van der Waals surface area (Å²) in [6.45, 7) is 0. The van der Waals surface area contributed by atoms with Gasteiger partial charge in [-0.3, -0.25) is 0 Å². The number of benzene rings is 7. The molecule has 8 rings (SSSR count). The lowest BCUT2D eigenvalue weighted by molar-refractivity contribution is -0.0500. The minimum Gasteiger partial charge on any atom is -0.376 e. The van der Waals surface area contributed by atoms with Gasteiger partial charge in [0.2, 0.25) is 0 Å². The van der Waals surface area contributed by atoms with Crippen LogP contribution in [-0.2, 0) is 10.1 Å². The average molecular weight is 717 g/mol. The molecule has 51 heavy (non-hydrogen) atoms.